The van der Waals surface area contributed by atoms with E-state index in [2.05, 4.69) is 0 Å². The van der Waals surface area contributed by atoms with Crippen LogP contribution in [0.25, 0.3) is 0 Å². The maximum absolute atomic E-state index is 14.4. The van der Waals surface area contributed by atoms with E-state index >= 15 is 0 Å². The largest absolute Gasteiger partial charge is 0.492 e. The Balaban J connectivity index is 1.89. The fraction of sp³-hybridized carbons (Fsp3) is 0.538. The van der Waals surface area contributed by atoms with Gasteiger partial charge in [0.25, 0.3) is 0 Å². The van der Waals surface area contributed by atoms with Gasteiger partial charge < -0.3 is 19.4 Å². The van der Waals surface area contributed by atoms with Gasteiger partial charge in [0.2, 0.25) is 15.9 Å². The molecule has 1 fully saturated rings. The fourth-order valence-corrected chi connectivity index (χ4v) is 8.10. The molecule has 1 saturated carbocycles. The summed E-state index contributed by atoms with van der Waals surface area (Å²) in [5, 5.41) is -1.73. The molecule has 8 nitrogen and oxygen atoms in total. The summed E-state index contributed by atoms with van der Waals surface area (Å²) in [6, 6.07) is 4.59. The number of likely N-dealkylation sites (N-methyl/N-ethyl adjacent to an activating group) is 1. The number of anilines is 2. The van der Waals surface area contributed by atoms with Crippen LogP contribution in [0.3, 0.4) is 0 Å². The van der Waals surface area contributed by atoms with E-state index in [0.717, 1.165) is 23.5 Å². The van der Waals surface area contributed by atoms with Gasteiger partial charge >= 0.3 is 13.8 Å². The van der Waals surface area contributed by atoms with Crippen LogP contribution in [0.1, 0.15) is 51.0 Å². The van der Waals surface area contributed by atoms with Gasteiger partial charge in [0, 0.05) is 37.8 Å². The Hall–Kier alpha value is -2.32. The van der Waals surface area contributed by atoms with Crippen LogP contribution in [0.4, 0.5) is 37.7 Å². The highest BCUT2D eigenvalue weighted by atomic mass is 32.2. The van der Waals surface area contributed by atoms with Crippen LogP contribution in [-0.4, -0.2) is 59.8 Å². The average Bonchev–Trinajstić information content (AvgIpc) is 3.34. The molecule has 2 N–H and O–H groups in total. The Kier molecular flexibility index (Phi) is 8.78. The highest BCUT2D eigenvalue weighted by molar-refractivity contribution is 7.89. The number of hydrogen-bond acceptors (Lipinski definition) is 5. The topological polar surface area (TPSA) is 107 Å². The molecule has 0 radical (unpaired) electrons. The Morgan fingerprint density at radius 3 is 2.19 bits per heavy atom. The molecule has 234 valence electrons. The van der Waals surface area contributed by atoms with Crippen molar-refractivity contribution in [2.24, 2.45) is 0 Å². The number of fused-ring (bicyclic) bond motifs is 1. The number of benzene rings is 2. The molecule has 2 aromatic rings. The van der Waals surface area contributed by atoms with Crippen LogP contribution in [0.5, 0.6) is 5.75 Å². The first kappa shape index (κ1) is 32.6. The van der Waals surface area contributed by atoms with Crippen LogP contribution in [0.15, 0.2) is 41.3 Å². The van der Waals surface area contributed by atoms with E-state index in [-0.39, 0.29) is 31.5 Å². The van der Waals surface area contributed by atoms with E-state index < -0.39 is 81.7 Å². The molecule has 4 rings (SSSR count). The van der Waals surface area contributed by atoms with Crippen molar-refractivity contribution in [3.8, 4) is 5.75 Å². The molecule has 1 aliphatic carbocycles. The fourth-order valence-electron chi connectivity index (χ4n) is 5.41. The quantitative estimate of drug-likeness (QED) is 0.257. The first-order valence-corrected chi connectivity index (χ1v) is 16.1. The van der Waals surface area contributed by atoms with Crippen molar-refractivity contribution in [2.45, 2.75) is 73.6 Å². The Labute approximate surface area is 239 Å². The third kappa shape index (κ3) is 6.59. The number of nitrogens with zero attached hydrogens (tertiary/aromatic N) is 2. The van der Waals surface area contributed by atoms with Crippen molar-refractivity contribution >= 4 is 29.0 Å². The second-order valence-corrected chi connectivity index (χ2v) is 15.0. The van der Waals surface area contributed by atoms with E-state index in [9.17, 15) is 49.1 Å². The van der Waals surface area contributed by atoms with E-state index in [4.69, 9.17) is 4.74 Å². The lowest BCUT2D eigenvalue weighted by Crippen LogP contribution is -2.41. The highest BCUT2D eigenvalue weighted by Crippen LogP contribution is 2.59. The van der Waals surface area contributed by atoms with Crippen molar-refractivity contribution in [1.82, 2.24) is 4.31 Å². The van der Waals surface area contributed by atoms with Crippen molar-refractivity contribution < 1.29 is 53.8 Å². The predicted octanol–water partition coefficient (Wildman–Crippen LogP) is 6.29. The number of hydrogen-bond donors (Lipinski definition) is 2. The molecule has 0 spiro atoms. The first-order valence-electron chi connectivity index (χ1n) is 13.1. The minimum Gasteiger partial charge on any atom is -0.492 e. The van der Waals surface area contributed by atoms with Gasteiger partial charge in [-0.1, -0.05) is 12.8 Å². The third-order valence-electron chi connectivity index (χ3n) is 7.93. The number of alkyl halides is 5. The molecule has 1 atom stereocenters. The van der Waals surface area contributed by atoms with Gasteiger partial charge in [-0.05, 0) is 56.5 Å². The molecule has 16 heteroatoms. The Bertz CT molecular complexity index is 1450. The normalized spacial score (nSPS) is 21.2. The lowest BCUT2D eigenvalue weighted by molar-refractivity contribution is -0.139. The molecular weight excluding hydrogens is 613 g/mol. The SMILES string of the molecule is CN1[C@H](CCC(C)(F)F)CN(c2ccc(F)cc2)c2cc(C(F)(F)F)c(OCC3(P(=O)(O)O)CCCC3)cc2S1(=O)=O. The van der Waals surface area contributed by atoms with Crippen molar-refractivity contribution in [3.05, 3.63) is 47.8 Å². The zero-order valence-corrected chi connectivity index (χ0v) is 24.5. The molecular formula is C26H31F6N2O6PS. The van der Waals surface area contributed by atoms with Crippen LogP contribution >= 0.6 is 7.60 Å². The maximum Gasteiger partial charge on any atom is 0.420 e. The summed E-state index contributed by atoms with van der Waals surface area (Å²) >= 11 is 0. The Morgan fingerprint density at radius 2 is 1.67 bits per heavy atom. The lowest BCUT2D eigenvalue weighted by atomic mass is 10.1. The number of halogens is 6. The van der Waals surface area contributed by atoms with Crippen molar-refractivity contribution in [3.63, 3.8) is 0 Å². The third-order valence-corrected chi connectivity index (χ3v) is 11.7. The minimum absolute atomic E-state index is 0.00664. The van der Waals surface area contributed by atoms with Gasteiger partial charge in [-0.3, -0.25) is 4.57 Å². The van der Waals surface area contributed by atoms with Gasteiger partial charge in [-0.25, -0.2) is 21.6 Å². The summed E-state index contributed by atoms with van der Waals surface area (Å²) < 4.78 is 130. The second-order valence-electron chi connectivity index (χ2n) is 10.9. The van der Waals surface area contributed by atoms with E-state index in [1.54, 1.807) is 0 Å². The molecule has 1 aliphatic heterocycles. The van der Waals surface area contributed by atoms with Crippen molar-refractivity contribution in [2.75, 3.05) is 25.1 Å². The van der Waals surface area contributed by atoms with Gasteiger partial charge in [-0.2, -0.15) is 17.5 Å². The van der Waals surface area contributed by atoms with Gasteiger partial charge in [0.1, 0.15) is 28.2 Å². The Morgan fingerprint density at radius 1 is 1.07 bits per heavy atom. The van der Waals surface area contributed by atoms with E-state index in [1.807, 2.05) is 0 Å². The summed E-state index contributed by atoms with van der Waals surface area (Å²) in [5.74, 6) is -4.76. The standard InChI is InChI=1S/C26H31F6N2O6PS/c1-24(28,29)12-9-19-15-34(18-7-5-17(27)6-8-18)21-13-20(26(30,31)32)22(14-23(21)42(38,39)33(19)2)40-16-25(41(35,36)37)10-3-4-11-25/h5-8,13-14,19H,3-4,9-12,15-16H2,1-2H3,(H2,35,36,37)/t19-/m1/s1. The predicted molar refractivity (Wildman–Crippen MR) is 142 cm³/mol. The molecule has 0 aromatic heterocycles. The van der Waals surface area contributed by atoms with E-state index in [1.165, 1.54) is 17.0 Å². The number of sulfonamides is 1. The summed E-state index contributed by atoms with van der Waals surface area (Å²) in [4.78, 5) is 20.5. The first-order chi connectivity index (χ1) is 19.3. The molecule has 1 heterocycles. The molecule has 42 heavy (non-hydrogen) atoms. The van der Waals surface area contributed by atoms with E-state index in [0.29, 0.717) is 31.9 Å². The second kappa shape index (κ2) is 11.3. The molecule has 2 aromatic carbocycles. The zero-order valence-electron chi connectivity index (χ0n) is 22.7. The average molecular weight is 645 g/mol. The smallest absolute Gasteiger partial charge is 0.420 e. The van der Waals surface area contributed by atoms with Crippen molar-refractivity contribution in [1.29, 1.82) is 0 Å². The number of rotatable bonds is 8. The highest BCUT2D eigenvalue weighted by Gasteiger charge is 2.50. The van der Waals surface area contributed by atoms with Crippen LogP contribution in [0.2, 0.25) is 0 Å². The molecule has 0 unspecified atom stereocenters. The van der Waals surface area contributed by atoms with Gasteiger partial charge in [0.05, 0.1) is 11.3 Å². The molecule has 0 bridgehead atoms. The minimum atomic E-state index is -5.09. The number of ether oxygens (including phenoxy) is 1. The van der Waals surface area contributed by atoms with Crippen LogP contribution in [0, 0.1) is 5.82 Å². The summed E-state index contributed by atoms with van der Waals surface area (Å²) in [6.45, 7) is -0.452. The van der Waals surface area contributed by atoms with Crippen LogP contribution < -0.4 is 9.64 Å². The molecule has 0 amide bonds. The maximum atomic E-state index is 14.4. The summed E-state index contributed by atoms with van der Waals surface area (Å²) in [6.07, 6.45) is -5.28. The molecule has 2 aliphatic rings. The zero-order chi connectivity index (χ0) is 31.3. The van der Waals surface area contributed by atoms with Gasteiger partial charge in [0.15, 0.2) is 0 Å². The summed E-state index contributed by atoms with van der Waals surface area (Å²) in [7, 11) is -8.31. The lowest BCUT2D eigenvalue weighted by Gasteiger charge is -2.31. The monoisotopic (exact) mass is 644 g/mol. The summed E-state index contributed by atoms with van der Waals surface area (Å²) in [5.41, 5.74) is -1.72. The van der Waals surface area contributed by atoms with Crippen LogP contribution in [-0.2, 0) is 20.8 Å². The van der Waals surface area contributed by atoms with Gasteiger partial charge in [-0.15, -0.1) is 0 Å². The molecule has 0 saturated heterocycles.